The van der Waals surface area contributed by atoms with Crippen molar-refractivity contribution < 1.29 is 22.3 Å². The molecule has 3 rings (SSSR count). The molecule has 1 aliphatic heterocycles. The van der Waals surface area contributed by atoms with Crippen LogP contribution in [0.5, 0.6) is 0 Å². The predicted octanol–water partition coefficient (Wildman–Crippen LogP) is 2.70. The fourth-order valence-electron chi connectivity index (χ4n) is 3.29. The summed E-state index contributed by atoms with van der Waals surface area (Å²) in [5, 5.41) is -0.509. The summed E-state index contributed by atoms with van der Waals surface area (Å²) in [5.74, 6) is -1.29. The number of carbonyl (C=O) groups is 1. The van der Waals surface area contributed by atoms with Crippen LogP contribution < -0.4 is 9.62 Å². The lowest BCUT2D eigenvalue weighted by Gasteiger charge is -2.33. The molecule has 0 unspecified atom stereocenters. The second-order valence-electron chi connectivity index (χ2n) is 6.69. The molecule has 0 amide bonds. The van der Waals surface area contributed by atoms with Crippen molar-refractivity contribution in [1.82, 2.24) is 4.72 Å². The topological polar surface area (TPSA) is 75.7 Å². The summed E-state index contributed by atoms with van der Waals surface area (Å²) in [5.41, 5.74) is 1.34. The Kier molecular flexibility index (Phi) is 6.31. The minimum absolute atomic E-state index is 0.0832. The first-order chi connectivity index (χ1) is 13.4. The maximum atomic E-state index is 14.2. The number of esters is 1. The van der Waals surface area contributed by atoms with Crippen molar-refractivity contribution in [2.45, 2.75) is 24.6 Å². The van der Waals surface area contributed by atoms with Gasteiger partial charge >= 0.3 is 5.97 Å². The van der Waals surface area contributed by atoms with Gasteiger partial charge in [-0.2, -0.15) is 0 Å². The van der Waals surface area contributed by atoms with E-state index in [1.165, 1.54) is 19.2 Å². The fraction of sp³-hybridized carbons (Fsp3) is 0.350. The van der Waals surface area contributed by atoms with E-state index in [0.29, 0.717) is 25.9 Å². The average molecular weight is 406 g/mol. The molecule has 0 radical (unpaired) electrons. The minimum Gasteiger partial charge on any atom is -0.465 e. The van der Waals surface area contributed by atoms with Crippen molar-refractivity contribution in [3.05, 3.63) is 65.5 Å². The Labute approximate surface area is 164 Å². The number of nitrogens with zero attached hydrogens (tertiary/aromatic N) is 1. The highest BCUT2D eigenvalue weighted by Gasteiger charge is 2.30. The van der Waals surface area contributed by atoms with Gasteiger partial charge < -0.3 is 9.64 Å². The number of hydrogen-bond acceptors (Lipinski definition) is 5. The summed E-state index contributed by atoms with van der Waals surface area (Å²) in [6.45, 7) is 1.14. The molecule has 1 fully saturated rings. The SMILES string of the molecule is COC(=O)c1ccc(CNS(=O)(=O)C2CCN(c3ccccc3)CC2)c(F)c1. The van der Waals surface area contributed by atoms with Crippen molar-refractivity contribution in [1.29, 1.82) is 0 Å². The largest absolute Gasteiger partial charge is 0.465 e. The number of carbonyl (C=O) groups excluding carboxylic acids is 1. The first-order valence-electron chi connectivity index (χ1n) is 9.06. The number of piperidine rings is 1. The van der Waals surface area contributed by atoms with Crippen LogP contribution in [-0.2, 0) is 21.3 Å². The highest BCUT2D eigenvalue weighted by Crippen LogP contribution is 2.23. The lowest BCUT2D eigenvalue weighted by atomic mass is 10.1. The molecular formula is C20H23FN2O4S. The van der Waals surface area contributed by atoms with Crippen LogP contribution in [0.3, 0.4) is 0 Å². The van der Waals surface area contributed by atoms with Gasteiger partial charge in [0.15, 0.2) is 0 Å². The van der Waals surface area contributed by atoms with Crippen molar-refractivity contribution in [2.24, 2.45) is 0 Å². The second-order valence-corrected chi connectivity index (χ2v) is 8.73. The highest BCUT2D eigenvalue weighted by molar-refractivity contribution is 7.90. The third-order valence-electron chi connectivity index (χ3n) is 4.94. The summed E-state index contributed by atoms with van der Waals surface area (Å²) in [6, 6.07) is 13.7. The Morgan fingerprint density at radius 2 is 1.86 bits per heavy atom. The summed E-state index contributed by atoms with van der Waals surface area (Å²) in [4.78, 5) is 13.6. The van der Waals surface area contributed by atoms with E-state index >= 15 is 0 Å². The molecule has 1 N–H and O–H groups in total. The van der Waals surface area contributed by atoms with E-state index < -0.39 is 27.1 Å². The molecule has 1 aliphatic rings. The Morgan fingerprint density at radius 1 is 1.18 bits per heavy atom. The van der Waals surface area contributed by atoms with Gasteiger partial charge in [0.1, 0.15) is 5.82 Å². The van der Waals surface area contributed by atoms with E-state index in [0.717, 1.165) is 11.8 Å². The van der Waals surface area contributed by atoms with Gasteiger partial charge in [-0.05, 0) is 37.1 Å². The number of halogens is 1. The summed E-state index contributed by atoms with van der Waals surface area (Å²) >= 11 is 0. The monoisotopic (exact) mass is 406 g/mol. The number of rotatable bonds is 6. The molecule has 8 heteroatoms. The van der Waals surface area contributed by atoms with Crippen molar-refractivity contribution in [3.8, 4) is 0 Å². The van der Waals surface area contributed by atoms with E-state index in [-0.39, 0.29) is 17.7 Å². The maximum Gasteiger partial charge on any atom is 0.337 e. The van der Waals surface area contributed by atoms with Crippen LogP contribution >= 0.6 is 0 Å². The van der Waals surface area contributed by atoms with E-state index in [1.807, 2.05) is 30.3 Å². The number of benzene rings is 2. The molecule has 1 saturated heterocycles. The highest BCUT2D eigenvalue weighted by atomic mass is 32.2. The molecule has 150 valence electrons. The van der Waals surface area contributed by atoms with Crippen molar-refractivity contribution in [3.63, 3.8) is 0 Å². The smallest absolute Gasteiger partial charge is 0.337 e. The number of para-hydroxylation sites is 1. The standard InChI is InChI=1S/C20H23FN2O4S/c1-27-20(24)15-7-8-16(19(21)13-15)14-22-28(25,26)18-9-11-23(12-10-18)17-5-3-2-4-6-17/h2-8,13,18,22H,9-12,14H2,1H3. The summed E-state index contributed by atoms with van der Waals surface area (Å²) < 4.78 is 46.4. The third-order valence-corrected chi connectivity index (χ3v) is 6.84. The number of hydrogen-bond donors (Lipinski definition) is 1. The van der Waals surface area contributed by atoms with Crippen LogP contribution in [0.1, 0.15) is 28.8 Å². The zero-order valence-electron chi connectivity index (χ0n) is 15.6. The first kappa shape index (κ1) is 20.3. The zero-order valence-corrected chi connectivity index (χ0v) is 16.4. The molecule has 2 aromatic rings. The van der Waals surface area contributed by atoms with Crippen LogP contribution in [0.2, 0.25) is 0 Å². The Bertz CT molecular complexity index is 926. The van der Waals surface area contributed by atoms with Crippen LogP contribution in [0, 0.1) is 5.82 Å². The van der Waals surface area contributed by atoms with E-state index in [4.69, 9.17) is 0 Å². The maximum absolute atomic E-state index is 14.2. The molecule has 0 spiro atoms. The quantitative estimate of drug-likeness (QED) is 0.747. The molecule has 0 aliphatic carbocycles. The molecular weight excluding hydrogens is 383 g/mol. The molecule has 0 bridgehead atoms. The Morgan fingerprint density at radius 3 is 2.46 bits per heavy atom. The van der Waals surface area contributed by atoms with Gasteiger partial charge in [-0.15, -0.1) is 0 Å². The molecule has 6 nitrogen and oxygen atoms in total. The number of nitrogens with one attached hydrogen (secondary N) is 1. The predicted molar refractivity (Wildman–Crippen MR) is 105 cm³/mol. The number of methoxy groups -OCH3 is 1. The van der Waals surface area contributed by atoms with Gasteiger partial charge in [0.2, 0.25) is 10.0 Å². The fourth-order valence-corrected chi connectivity index (χ4v) is 4.72. The van der Waals surface area contributed by atoms with E-state index in [1.54, 1.807) is 0 Å². The molecule has 2 aromatic carbocycles. The Balaban J connectivity index is 1.58. The lowest BCUT2D eigenvalue weighted by Crippen LogP contribution is -2.43. The second kappa shape index (κ2) is 8.70. The minimum atomic E-state index is -3.57. The van der Waals surface area contributed by atoms with Crippen molar-refractivity contribution in [2.75, 3.05) is 25.1 Å². The van der Waals surface area contributed by atoms with Gasteiger partial charge in [-0.3, -0.25) is 0 Å². The first-order valence-corrected chi connectivity index (χ1v) is 10.6. The Hall–Kier alpha value is -2.45. The number of anilines is 1. The van der Waals surface area contributed by atoms with Crippen LogP contribution in [0.4, 0.5) is 10.1 Å². The molecule has 1 heterocycles. The van der Waals surface area contributed by atoms with Gasteiger partial charge in [0.25, 0.3) is 0 Å². The van der Waals surface area contributed by atoms with E-state index in [9.17, 15) is 17.6 Å². The molecule has 0 aromatic heterocycles. The lowest BCUT2D eigenvalue weighted by molar-refractivity contribution is 0.0600. The molecule has 0 saturated carbocycles. The zero-order chi connectivity index (χ0) is 20.1. The van der Waals surface area contributed by atoms with Crippen LogP contribution in [0.25, 0.3) is 0 Å². The molecule has 28 heavy (non-hydrogen) atoms. The molecule has 0 atom stereocenters. The number of sulfonamides is 1. The van der Waals surface area contributed by atoms with Gasteiger partial charge in [0, 0.05) is 30.9 Å². The van der Waals surface area contributed by atoms with Crippen molar-refractivity contribution >= 4 is 21.7 Å². The van der Waals surface area contributed by atoms with Gasteiger partial charge in [-0.25, -0.2) is 22.3 Å². The van der Waals surface area contributed by atoms with Crippen LogP contribution in [-0.4, -0.2) is 39.8 Å². The normalized spacial score (nSPS) is 15.4. The number of ether oxygens (including phenoxy) is 1. The summed E-state index contributed by atoms with van der Waals surface area (Å²) in [6.07, 6.45) is 1.02. The van der Waals surface area contributed by atoms with Gasteiger partial charge in [0.05, 0.1) is 17.9 Å². The third kappa shape index (κ3) is 4.69. The summed E-state index contributed by atoms with van der Waals surface area (Å²) in [7, 11) is -2.36. The average Bonchev–Trinajstić information content (AvgIpc) is 2.73. The van der Waals surface area contributed by atoms with E-state index in [2.05, 4.69) is 14.4 Å². The van der Waals surface area contributed by atoms with Gasteiger partial charge in [-0.1, -0.05) is 24.3 Å². The van der Waals surface area contributed by atoms with Crippen LogP contribution in [0.15, 0.2) is 48.5 Å².